The fourth-order valence-electron chi connectivity index (χ4n) is 1.84. The Morgan fingerprint density at radius 3 is 2.58 bits per heavy atom. The lowest BCUT2D eigenvalue weighted by Crippen LogP contribution is -2.38. The normalized spacial score (nSPS) is 10.9. The predicted molar refractivity (Wildman–Crippen MR) is 76.5 cm³/mol. The molecule has 0 aliphatic heterocycles. The summed E-state index contributed by atoms with van der Waals surface area (Å²) < 4.78 is 2.60. The summed E-state index contributed by atoms with van der Waals surface area (Å²) in [6, 6.07) is 3.57. The molecule has 2 aromatic heterocycles. The molecule has 102 valence electrons. The van der Waals surface area contributed by atoms with Crippen LogP contribution in [0, 0.1) is 6.92 Å². The Hall–Kier alpha value is -1.66. The Labute approximate surface area is 115 Å². The number of aromatic nitrogens is 2. The second-order valence-corrected chi connectivity index (χ2v) is 5.51. The maximum absolute atomic E-state index is 11.8. The van der Waals surface area contributed by atoms with E-state index in [9.17, 15) is 9.59 Å². The summed E-state index contributed by atoms with van der Waals surface area (Å²) in [4.78, 5) is 24.6. The summed E-state index contributed by atoms with van der Waals surface area (Å²) in [7, 11) is 3.16. The van der Waals surface area contributed by atoms with Gasteiger partial charge in [-0.15, -0.1) is 11.3 Å². The molecule has 0 atom stereocenters. The second-order valence-electron chi connectivity index (χ2n) is 4.50. The fraction of sp³-hybridized carbons (Fsp3) is 0.385. The number of nitrogens with zero attached hydrogens (tertiary/aromatic N) is 2. The first-order valence-electron chi connectivity index (χ1n) is 6.00. The van der Waals surface area contributed by atoms with Crippen molar-refractivity contribution in [1.82, 2.24) is 14.5 Å². The molecule has 2 aromatic rings. The zero-order valence-corrected chi connectivity index (χ0v) is 12.1. The molecule has 0 amide bonds. The third kappa shape index (κ3) is 2.85. The Balaban J connectivity index is 2.11. The van der Waals surface area contributed by atoms with Gasteiger partial charge in [0.25, 0.3) is 5.56 Å². The molecule has 1 N–H and O–H groups in total. The van der Waals surface area contributed by atoms with Gasteiger partial charge in [0, 0.05) is 43.8 Å². The van der Waals surface area contributed by atoms with Crippen LogP contribution >= 0.6 is 11.3 Å². The minimum Gasteiger partial charge on any atom is -0.306 e. The largest absolute Gasteiger partial charge is 0.330 e. The maximum atomic E-state index is 11.8. The zero-order valence-electron chi connectivity index (χ0n) is 11.3. The molecule has 19 heavy (non-hydrogen) atoms. The van der Waals surface area contributed by atoms with Gasteiger partial charge in [0.05, 0.1) is 0 Å². The monoisotopic (exact) mass is 279 g/mol. The molecule has 2 rings (SSSR count). The van der Waals surface area contributed by atoms with Crippen molar-refractivity contribution >= 4 is 11.3 Å². The van der Waals surface area contributed by atoms with Gasteiger partial charge in [-0.25, -0.2) is 4.79 Å². The molecule has 2 heterocycles. The number of aryl methyl sites for hydroxylation is 1. The van der Waals surface area contributed by atoms with Gasteiger partial charge in [0.1, 0.15) is 0 Å². The lowest BCUT2D eigenvalue weighted by molar-refractivity contribution is 0.602. The van der Waals surface area contributed by atoms with Crippen molar-refractivity contribution in [2.45, 2.75) is 20.0 Å². The Morgan fingerprint density at radius 2 is 1.95 bits per heavy atom. The van der Waals surface area contributed by atoms with E-state index < -0.39 is 0 Å². The lowest BCUT2D eigenvalue weighted by Gasteiger charge is -2.10. The third-order valence-corrected chi connectivity index (χ3v) is 4.21. The summed E-state index contributed by atoms with van der Waals surface area (Å²) in [5.41, 5.74) is 1.39. The first kappa shape index (κ1) is 13.8. The van der Waals surface area contributed by atoms with E-state index >= 15 is 0 Å². The van der Waals surface area contributed by atoms with Crippen LogP contribution in [0.5, 0.6) is 0 Å². The zero-order chi connectivity index (χ0) is 14.0. The van der Waals surface area contributed by atoms with Crippen molar-refractivity contribution in [2.24, 2.45) is 14.1 Å². The molecular weight excluding hydrogens is 262 g/mol. The van der Waals surface area contributed by atoms with E-state index in [4.69, 9.17) is 0 Å². The number of thiophene rings is 1. The van der Waals surface area contributed by atoms with E-state index in [1.165, 1.54) is 28.1 Å². The highest BCUT2D eigenvalue weighted by molar-refractivity contribution is 7.10. The van der Waals surface area contributed by atoms with Crippen LogP contribution in [0.15, 0.2) is 27.1 Å². The van der Waals surface area contributed by atoms with Crippen molar-refractivity contribution in [3.05, 3.63) is 54.5 Å². The molecule has 0 saturated carbocycles. The fourth-order valence-corrected chi connectivity index (χ4v) is 2.71. The minimum atomic E-state index is -0.295. The number of rotatable bonds is 4. The van der Waals surface area contributed by atoms with E-state index in [1.807, 2.05) is 0 Å². The van der Waals surface area contributed by atoms with Crippen LogP contribution in [0.25, 0.3) is 0 Å². The number of hydrogen-bond acceptors (Lipinski definition) is 4. The van der Waals surface area contributed by atoms with Gasteiger partial charge < -0.3 is 5.32 Å². The van der Waals surface area contributed by atoms with Gasteiger partial charge in [-0.1, -0.05) is 0 Å². The van der Waals surface area contributed by atoms with Crippen LogP contribution in [-0.4, -0.2) is 9.13 Å². The van der Waals surface area contributed by atoms with E-state index in [0.29, 0.717) is 12.2 Å². The summed E-state index contributed by atoms with van der Waals surface area (Å²) in [6.45, 7) is 3.31. The maximum Gasteiger partial charge on any atom is 0.330 e. The average molecular weight is 279 g/mol. The van der Waals surface area contributed by atoms with Crippen LogP contribution in [0.1, 0.15) is 16.1 Å². The highest BCUT2D eigenvalue weighted by Gasteiger charge is 2.06. The molecule has 6 heteroatoms. The molecule has 0 spiro atoms. The highest BCUT2D eigenvalue weighted by atomic mass is 32.1. The van der Waals surface area contributed by atoms with Gasteiger partial charge in [0.15, 0.2) is 0 Å². The lowest BCUT2D eigenvalue weighted by atomic mass is 10.3. The highest BCUT2D eigenvalue weighted by Crippen LogP contribution is 2.14. The van der Waals surface area contributed by atoms with Crippen molar-refractivity contribution in [3.63, 3.8) is 0 Å². The van der Waals surface area contributed by atoms with E-state index in [-0.39, 0.29) is 11.2 Å². The molecule has 0 saturated heterocycles. The van der Waals surface area contributed by atoms with Crippen LogP contribution in [0.4, 0.5) is 0 Å². The third-order valence-electron chi connectivity index (χ3n) is 3.19. The second kappa shape index (κ2) is 5.54. The molecule has 0 aromatic carbocycles. The predicted octanol–water partition coefficient (Wildman–Crippen LogP) is 0.744. The van der Waals surface area contributed by atoms with Gasteiger partial charge in [-0.05, 0) is 23.9 Å². The summed E-state index contributed by atoms with van der Waals surface area (Å²) in [5, 5.41) is 5.32. The molecule has 0 radical (unpaired) electrons. The summed E-state index contributed by atoms with van der Waals surface area (Å²) in [6.07, 6.45) is 0. The average Bonchev–Trinajstić information content (AvgIpc) is 2.79. The molecule has 0 bridgehead atoms. The van der Waals surface area contributed by atoms with E-state index in [2.05, 4.69) is 23.7 Å². The van der Waals surface area contributed by atoms with Crippen molar-refractivity contribution < 1.29 is 0 Å². The van der Waals surface area contributed by atoms with Crippen LogP contribution in [0.3, 0.4) is 0 Å². The van der Waals surface area contributed by atoms with E-state index in [1.54, 1.807) is 18.4 Å². The smallest absolute Gasteiger partial charge is 0.306 e. The Bertz CT molecular complexity index is 697. The van der Waals surface area contributed by atoms with Crippen LogP contribution < -0.4 is 16.6 Å². The molecule has 5 nitrogen and oxygen atoms in total. The number of hydrogen-bond donors (Lipinski definition) is 1. The van der Waals surface area contributed by atoms with E-state index in [0.717, 1.165) is 11.1 Å². The minimum absolute atomic E-state index is 0.271. The quantitative estimate of drug-likeness (QED) is 0.898. The SMILES string of the molecule is Cc1ccsc1CNCc1cc(=O)n(C)c(=O)n1C. The van der Waals surface area contributed by atoms with Gasteiger partial charge in [0.2, 0.25) is 0 Å². The van der Waals surface area contributed by atoms with Crippen LogP contribution in [-0.2, 0) is 27.2 Å². The Kier molecular flexibility index (Phi) is 4.01. The van der Waals surface area contributed by atoms with Gasteiger partial charge in [-0.3, -0.25) is 13.9 Å². The molecule has 0 fully saturated rings. The summed E-state index contributed by atoms with van der Waals surface area (Å²) in [5.74, 6) is 0. The summed E-state index contributed by atoms with van der Waals surface area (Å²) >= 11 is 1.70. The van der Waals surface area contributed by atoms with Crippen molar-refractivity contribution in [3.8, 4) is 0 Å². The topological polar surface area (TPSA) is 56.0 Å². The molecule has 0 unspecified atom stereocenters. The van der Waals surface area contributed by atoms with Gasteiger partial charge >= 0.3 is 5.69 Å². The first-order chi connectivity index (χ1) is 9.00. The molecule has 0 aliphatic carbocycles. The standard InChI is InChI=1S/C13H17N3O2S/c1-9-4-5-19-11(9)8-14-7-10-6-12(17)16(3)13(18)15(10)2/h4-6,14H,7-8H2,1-3H3. The molecule has 0 aliphatic rings. The van der Waals surface area contributed by atoms with Gasteiger partial charge in [-0.2, -0.15) is 0 Å². The van der Waals surface area contributed by atoms with Crippen LogP contribution in [0.2, 0.25) is 0 Å². The Morgan fingerprint density at radius 1 is 1.21 bits per heavy atom. The van der Waals surface area contributed by atoms with Crippen molar-refractivity contribution in [2.75, 3.05) is 0 Å². The van der Waals surface area contributed by atoms with Crippen molar-refractivity contribution in [1.29, 1.82) is 0 Å². The number of nitrogens with one attached hydrogen (secondary N) is 1. The molecular formula is C13H17N3O2S. The first-order valence-corrected chi connectivity index (χ1v) is 6.88.